The highest BCUT2D eigenvalue weighted by Gasteiger charge is 2.22. The highest BCUT2D eigenvalue weighted by atomic mass is 35.5. The van der Waals surface area contributed by atoms with Crippen molar-refractivity contribution in [2.45, 2.75) is 12.5 Å². The second-order valence-electron chi connectivity index (χ2n) is 5.07. The van der Waals surface area contributed by atoms with E-state index in [1.54, 1.807) is 23.1 Å². The Labute approximate surface area is 128 Å². The van der Waals surface area contributed by atoms with Crippen molar-refractivity contribution < 1.29 is 5.11 Å². The smallest absolute Gasteiger partial charge is 0.131 e. The third kappa shape index (κ3) is 3.18. The van der Waals surface area contributed by atoms with Crippen molar-refractivity contribution in [1.29, 1.82) is 0 Å². The van der Waals surface area contributed by atoms with Crippen LogP contribution in [0.1, 0.15) is 17.5 Å². The quantitative estimate of drug-likeness (QED) is 0.640. The van der Waals surface area contributed by atoms with E-state index < -0.39 is 0 Å². The van der Waals surface area contributed by atoms with Gasteiger partial charge in [-0.25, -0.2) is 4.98 Å². The van der Waals surface area contributed by atoms with Gasteiger partial charge in [-0.05, 0) is 6.42 Å². The zero-order valence-electron chi connectivity index (χ0n) is 11.6. The molecule has 2 aromatic rings. The molecule has 1 fully saturated rings. The van der Waals surface area contributed by atoms with E-state index in [0.29, 0.717) is 11.7 Å². The lowest BCUT2D eigenvalue weighted by molar-refractivity contribution is 0.198. The van der Waals surface area contributed by atoms with E-state index in [2.05, 4.69) is 26.8 Å². The van der Waals surface area contributed by atoms with E-state index in [-0.39, 0.29) is 6.10 Å². The average Bonchev–Trinajstić information content (AvgIpc) is 3.06. The zero-order chi connectivity index (χ0) is 14.8. The first-order chi connectivity index (χ1) is 10.1. The average molecular weight is 303 g/mol. The van der Waals surface area contributed by atoms with Crippen LogP contribution >= 0.6 is 11.6 Å². The number of β-amino-alcohol motifs (C(OH)–C–C–N with tert-alkyl or cyclic N) is 1. The summed E-state index contributed by atoms with van der Waals surface area (Å²) < 4.78 is 1.71. The number of anilines is 1. The minimum absolute atomic E-state index is 0.295. The monoisotopic (exact) mass is 302 g/mol. The molecule has 0 saturated carbocycles. The van der Waals surface area contributed by atoms with Gasteiger partial charge in [0.15, 0.2) is 0 Å². The fraction of sp³-hybridized carbons (Fsp3) is 0.333. The summed E-state index contributed by atoms with van der Waals surface area (Å²) in [7, 11) is 1.85. The van der Waals surface area contributed by atoms with Crippen LogP contribution in [0.15, 0.2) is 24.7 Å². The number of aromatic nitrogens is 3. The Kier molecular flexibility index (Phi) is 3.82. The van der Waals surface area contributed by atoms with Gasteiger partial charge in [-0.15, -0.1) is 0 Å². The van der Waals surface area contributed by atoms with Crippen LogP contribution in [0.25, 0.3) is 0 Å². The van der Waals surface area contributed by atoms with Crippen LogP contribution in [0.2, 0.25) is 5.15 Å². The first-order valence-electron chi connectivity index (χ1n) is 6.71. The molecule has 108 valence electrons. The maximum Gasteiger partial charge on any atom is 0.131 e. The van der Waals surface area contributed by atoms with Crippen molar-refractivity contribution >= 4 is 17.3 Å². The lowest BCUT2D eigenvalue weighted by Gasteiger charge is -2.19. The molecule has 0 amide bonds. The predicted octanol–water partition coefficient (Wildman–Crippen LogP) is 1.44. The highest BCUT2D eigenvalue weighted by molar-refractivity contribution is 6.29. The summed E-state index contributed by atoms with van der Waals surface area (Å²) in [5.74, 6) is 6.18. The predicted molar refractivity (Wildman–Crippen MR) is 81.3 cm³/mol. The van der Waals surface area contributed by atoms with Gasteiger partial charge in [0.2, 0.25) is 0 Å². The molecule has 21 heavy (non-hydrogen) atoms. The molecule has 3 heterocycles. The molecule has 0 spiro atoms. The Balaban J connectivity index is 1.93. The maximum atomic E-state index is 9.69. The number of nitrogens with zero attached hydrogens (tertiary/aromatic N) is 4. The normalized spacial score (nSPS) is 17.7. The fourth-order valence-corrected chi connectivity index (χ4v) is 2.52. The molecular weight excluding hydrogens is 288 g/mol. The summed E-state index contributed by atoms with van der Waals surface area (Å²) in [5, 5.41) is 14.2. The summed E-state index contributed by atoms with van der Waals surface area (Å²) in [5.41, 5.74) is 2.57. The maximum absolute atomic E-state index is 9.69. The van der Waals surface area contributed by atoms with Crippen LogP contribution in [-0.2, 0) is 7.05 Å². The molecule has 1 N–H and O–H groups in total. The molecule has 1 aliphatic rings. The molecule has 1 saturated heterocycles. The molecule has 0 radical (unpaired) electrons. The van der Waals surface area contributed by atoms with Crippen LogP contribution in [0.3, 0.4) is 0 Å². The number of hydrogen-bond donors (Lipinski definition) is 1. The molecular formula is C15H15ClN4O. The third-order valence-electron chi connectivity index (χ3n) is 3.40. The summed E-state index contributed by atoms with van der Waals surface area (Å²) in [6.07, 6.45) is 5.71. The van der Waals surface area contributed by atoms with Crippen molar-refractivity contribution in [3.05, 3.63) is 40.9 Å². The summed E-state index contributed by atoms with van der Waals surface area (Å²) in [4.78, 5) is 6.19. The number of aryl methyl sites for hydroxylation is 1. The summed E-state index contributed by atoms with van der Waals surface area (Å²) in [6.45, 7) is 1.39. The van der Waals surface area contributed by atoms with Gasteiger partial charge in [0.25, 0.3) is 0 Å². The van der Waals surface area contributed by atoms with E-state index in [1.165, 1.54) is 0 Å². The highest BCUT2D eigenvalue weighted by Crippen LogP contribution is 2.26. The van der Waals surface area contributed by atoms with Gasteiger partial charge in [-0.2, -0.15) is 5.10 Å². The SMILES string of the molecule is Cn1cc(C#Cc2cnc(Cl)cc2N2CC[C@@H](O)C2)cn1. The minimum atomic E-state index is -0.295. The number of aliphatic hydroxyl groups is 1. The molecule has 0 aliphatic carbocycles. The van der Waals surface area contributed by atoms with Crippen molar-refractivity contribution in [2.75, 3.05) is 18.0 Å². The number of pyridine rings is 1. The Hall–Kier alpha value is -2.03. The molecule has 5 nitrogen and oxygen atoms in total. The molecule has 0 bridgehead atoms. The van der Waals surface area contributed by atoms with Gasteiger partial charge < -0.3 is 10.0 Å². The van der Waals surface area contributed by atoms with Gasteiger partial charge in [-0.3, -0.25) is 4.68 Å². The Morgan fingerprint density at radius 2 is 2.24 bits per heavy atom. The number of rotatable bonds is 1. The van der Waals surface area contributed by atoms with E-state index in [9.17, 15) is 5.11 Å². The number of halogens is 1. The van der Waals surface area contributed by atoms with Crippen molar-refractivity contribution in [1.82, 2.24) is 14.8 Å². The van der Waals surface area contributed by atoms with Gasteiger partial charge in [0.1, 0.15) is 5.15 Å². The Morgan fingerprint density at radius 1 is 1.38 bits per heavy atom. The summed E-state index contributed by atoms with van der Waals surface area (Å²) in [6, 6.07) is 1.80. The van der Waals surface area contributed by atoms with Crippen molar-refractivity contribution in [2.24, 2.45) is 7.05 Å². The van der Waals surface area contributed by atoms with Crippen LogP contribution in [0, 0.1) is 11.8 Å². The second-order valence-corrected chi connectivity index (χ2v) is 5.45. The Morgan fingerprint density at radius 3 is 2.90 bits per heavy atom. The van der Waals surface area contributed by atoms with E-state index in [0.717, 1.165) is 29.8 Å². The lowest BCUT2D eigenvalue weighted by atomic mass is 10.2. The molecule has 1 atom stereocenters. The fourth-order valence-electron chi connectivity index (χ4n) is 2.36. The number of aliphatic hydroxyl groups excluding tert-OH is 1. The van der Waals surface area contributed by atoms with Crippen LogP contribution in [0.5, 0.6) is 0 Å². The molecule has 1 aliphatic heterocycles. The van der Waals surface area contributed by atoms with Crippen molar-refractivity contribution in [3.8, 4) is 11.8 Å². The van der Waals surface area contributed by atoms with Crippen molar-refractivity contribution in [3.63, 3.8) is 0 Å². The van der Waals surface area contributed by atoms with Gasteiger partial charge in [-0.1, -0.05) is 23.4 Å². The molecule has 6 heteroatoms. The largest absolute Gasteiger partial charge is 0.391 e. The van der Waals surface area contributed by atoms with E-state index in [4.69, 9.17) is 11.6 Å². The van der Waals surface area contributed by atoms with E-state index >= 15 is 0 Å². The molecule has 0 aromatic carbocycles. The first kappa shape index (κ1) is 13.9. The van der Waals surface area contributed by atoms with Crippen LogP contribution in [0.4, 0.5) is 5.69 Å². The van der Waals surface area contributed by atoms with Gasteiger partial charge >= 0.3 is 0 Å². The zero-order valence-corrected chi connectivity index (χ0v) is 12.4. The summed E-state index contributed by atoms with van der Waals surface area (Å²) >= 11 is 5.99. The van der Waals surface area contributed by atoms with Crippen LogP contribution < -0.4 is 4.90 Å². The third-order valence-corrected chi connectivity index (χ3v) is 3.61. The molecule has 2 aromatic heterocycles. The number of hydrogen-bond acceptors (Lipinski definition) is 4. The van der Waals surface area contributed by atoms with Gasteiger partial charge in [0, 0.05) is 38.6 Å². The van der Waals surface area contributed by atoms with Crippen LogP contribution in [-0.4, -0.2) is 39.1 Å². The second kappa shape index (κ2) is 5.76. The minimum Gasteiger partial charge on any atom is -0.391 e. The lowest BCUT2D eigenvalue weighted by Crippen LogP contribution is -2.22. The van der Waals surface area contributed by atoms with E-state index in [1.807, 2.05) is 13.2 Å². The first-order valence-corrected chi connectivity index (χ1v) is 7.09. The molecule has 0 unspecified atom stereocenters. The molecule has 3 rings (SSSR count). The Bertz CT molecular complexity index is 716. The topological polar surface area (TPSA) is 54.2 Å². The van der Waals surface area contributed by atoms with Gasteiger partial charge in [0.05, 0.1) is 29.1 Å². The standard InChI is InChI=1S/C15H15ClN4O/c1-19-9-11(7-18-19)2-3-12-8-17-15(16)6-14(12)20-5-4-13(21)10-20/h6-9,13,21H,4-5,10H2,1H3/t13-/m1/s1.